The first-order valence-electron chi connectivity index (χ1n) is 8.75. The summed E-state index contributed by atoms with van der Waals surface area (Å²) >= 11 is 0. The molecular weight excluding hydrogens is 324 g/mol. The highest BCUT2D eigenvalue weighted by Crippen LogP contribution is 2.32. The predicted molar refractivity (Wildman–Crippen MR) is 95.7 cm³/mol. The van der Waals surface area contributed by atoms with E-state index in [0.29, 0.717) is 5.82 Å². The molecule has 0 radical (unpaired) electrons. The average molecular weight is 350 g/mol. The first kappa shape index (κ1) is 17.8. The molecule has 2 saturated heterocycles. The summed E-state index contributed by atoms with van der Waals surface area (Å²) in [6.07, 6.45) is 1.41. The Morgan fingerprint density at radius 2 is 1.80 bits per heavy atom. The van der Waals surface area contributed by atoms with Crippen LogP contribution < -0.4 is 10.3 Å². The van der Waals surface area contributed by atoms with Crippen LogP contribution in [0.2, 0.25) is 0 Å². The molecule has 0 aliphatic carbocycles. The Morgan fingerprint density at radius 1 is 1.12 bits per heavy atom. The Balaban J connectivity index is 1.78. The number of rotatable bonds is 5. The van der Waals surface area contributed by atoms with E-state index in [0.717, 1.165) is 58.9 Å². The summed E-state index contributed by atoms with van der Waals surface area (Å²) in [7, 11) is 2.07. The van der Waals surface area contributed by atoms with E-state index >= 15 is 0 Å². The molecule has 0 spiro atoms. The Bertz CT molecular complexity index is 597. The lowest BCUT2D eigenvalue weighted by atomic mass is 10.3. The van der Waals surface area contributed by atoms with Crippen LogP contribution in [0.5, 0.6) is 0 Å². The minimum atomic E-state index is -0.375. The number of piperazine rings is 2. The Kier molecular flexibility index (Phi) is 5.61. The van der Waals surface area contributed by atoms with Crippen LogP contribution in [0.4, 0.5) is 17.3 Å². The number of anilines is 2. The number of nitrogens with zero attached hydrogens (tertiary/aromatic N) is 7. The molecule has 2 aliphatic rings. The zero-order valence-corrected chi connectivity index (χ0v) is 14.9. The van der Waals surface area contributed by atoms with E-state index in [9.17, 15) is 10.1 Å². The van der Waals surface area contributed by atoms with Gasteiger partial charge in [-0.1, -0.05) is 6.92 Å². The molecule has 138 valence electrons. The van der Waals surface area contributed by atoms with E-state index in [1.807, 2.05) is 9.91 Å². The molecule has 3 heterocycles. The van der Waals surface area contributed by atoms with E-state index in [4.69, 9.17) is 0 Å². The summed E-state index contributed by atoms with van der Waals surface area (Å²) in [6.45, 7) is 9.79. The van der Waals surface area contributed by atoms with Crippen LogP contribution in [0.1, 0.15) is 6.92 Å². The lowest BCUT2D eigenvalue weighted by molar-refractivity contribution is -0.383. The molecule has 0 amide bonds. The molecule has 0 unspecified atom stereocenters. The third-order valence-electron chi connectivity index (χ3n) is 4.87. The lowest BCUT2D eigenvalue weighted by Crippen LogP contribution is -2.47. The molecule has 0 aromatic carbocycles. The van der Waals surface area contributed by atoms with Gasteiger partial charge in [0.25, 0.3) is 0 Å². The first-order valence-corrected chi connectivity index (χ1v) is 8.75. The van der Waals surface area contributed by atoms with Crippen LogP contribution >= 0.6 is 0 Å². The van der Waals surface area contributed by atoms with Gasteiger partial charge in [-0.3, -0.25) is 15.5 Å². The van der Waals surface area contributed by atoms with Crippen LogP contribution in [0.25, 0.3) is 0 Å². The molecule has 2 aliphatic heterocycles. The van der Waals surface area contributed by atoms with Crippen molar-refractivity contribution >= 4 is 17.3 Å². The molecular formula is C15H26N8O2. The van der Waals surface area contributed by atoms with Crippen molar-refractivity contribution in [2.75, 3.05) is 76.3 Å². The van der Waals surface area contributed by atoms with Gasteiger partial charge in [-0.25, -0.2) is 15.0 Å². The second-order valence-corrected chi connectivity index (χ2v) is 6.48. The molecule has 2 fully saturated rings. The van der Waals surface area contributed by atoms with Crippen molar-refractivity contribution in [3.63, 3.8) is 0 Å². The van der Waals surface area contributed by atoms with Gasteiger partial charge >= 0.3 is 5.69 Å². The highest BCUT2D eigenvalue weighted by atomic mass is 16.6. The van der Waals surface area contributed by atoms with Crippen molar-refractivity contribution in [3.05, 3.63) is 16.4 Å². The fraction of sp³-hybridized carbons (Fsp3) is 0.733. The van der Waals surface area contributed by atoms with Gasteiger partial charge < -0.3 is 14.7 Å². The molecule has 3 rings (SSSR count). The van der Waals surface area contributed by atoms with Gasteiger partial charge in [0.1, 0.15) is 6.33 Å². The van der Waals surface area contributed by atoms with Crippen molar-refractivity contribution in [2.24, 2.45) is 0 Å². The van der Waals surface area contributed by atoms with Crippen LogP contribution in [0.15, 0.2) is 6.33 Å². The monoisotopic (exact) mass is 350 g/mol. The summed E-state index contributed by atoms with van der Waals surface area (Å²) in [6, 6.07) is 0. The summed E-state index contributed by atoms with van der Waals surface area (Å²) in [4.78, 5) is 26.3. The topological polar surface area (TPSA) is 93.9 Å². The van der Waals surface area contributed by atoms with Crippen molar-refractivity contribution < 1.29 is 4.92 Å². The molecule has 0 saturated carbocycles. The van der Waals surface area contributed by atoms with Crippen LogP contribution in [0.3, 0.4) is 0 Å². The highest BCUT2D eigenvalue weighted by Gasteiger charge is 2.30. The van der Waals surface area contributed by atoms with Crippen molar-refractivity contribution in [3.8, 4) is 0 Å². The summed E-state index contributed by atoms with van der Waals surface area (Å²) in [5.74, 6) is 0.685. The third kappa shape index (κ3) is 4.14. The maximum absolute atomic E-state index is 11.7. The normalized spacial score (nSPS) is 20.6. The molecule has 10 nitrogen and oxygen atoms in total. The average Bonchev–Trinajstić information content (AvgIpc) is 2.63. The molecule has 1 N–H and O–H groups in total. The fourth-order valence-electron chi connectivity index (χ4n) is 3.19. The molecule has 1 aromatic heterocycles. The van der Waals surface area contributed by atoms with Crippen molar-refractivity contribution in [1.29, 1.82) is 0 Å². The molecule has 0 atom stereocenters. The van der Waals surface area contributed by atoms with Gasteiger partial charge in [-0.2, -0.15) is 0 Å². The summed E-state index contributed by atoms with van der Waals surface area (Å²) in [5, 5.41) is 13.7. The highest BCUT2D eigenvalue weighted by molar-refractivity contribution is 5.70. The number of nitrogens with one attached hydrogen (secondary N) is 1. The molecule has 10 heteroatoms. The lowest BCUT2D eigenvalue weighted by Gasteiger charge is -2.35. The number of hydrogen-bond donors (Lipinski definition) is 1. The molecule has 1 aromatic rings. The van der Waals surface area contributed by atoms with E-state index < -0.39 is 0 Å². The zero-order valence-electron chi connectivity index (χ0n) is 14.9. The standard InChI is InChI=1S/C15H26N8O2/c1-3-20-6-8-21(9-7-20)15-13(23(24)25)14(16-12-17-15)18-22-10-4-19(2)5-11-22/h12H,3-11H2,1-2H3,(H,16,17,18). The first-order chi connectivity index (χ1) is 12.1. The Morgan fingerprint density at radius 3 is 2.40 bits per heavy atom. The molecule has 0 bridgehead atoms. The van der Waals surface area contributed by atoms with Crippen LogP contribution in [0, 0.1) is 10.1 Å². The van der Waals surface area contributed by atoms with Crippen LogP contribution in [-0.2, 0) is 0 Å². The van der Waals surface area contributed by atoms with Crippen molar-refractivity contribution in [2.45, 2.75) is 6.92 Å². The largest absolute Gasteiger partial charge is 0.354 e. The second-order valence-electron chi connectivity index (χ2n) is 6.48. The van der Waals surface area contributed by atoms with Gasteiger partial charge in [-0.15, -0.1) is 0 Å². The summed E-state index contributed by atoms with van der Waals surface area (Å²) in [5.41, 5.74) is 3.09. The zero-order chi connectivity index (χ0) is 17.8. The molecule has 25 heavy (non-hydrogen) atoms. The SMILES string of the molecule is CCN1CCN(c2ncnc(NN3CCN(C)CC3)c2[N+](=O)[O-])CC1. The fourth-order valence-corrected chi connectivity index (χ4v) is 3.19. The van der Waals surface area contributed by atoms with Gasteiger partial charge in [0.05, 0.1) is 4.92 Å². The summed E-state index contributed by atoms with van der Waals surface area (Å²) < 4.78 is 0. The van der Waals surface area contributed by atoms with E-state index in [1.54, 1.807) is 0 Å². The Hall–Kier alpha value is -2.04. The predicted octanol–water partition coefficient (Wildman–Crippen LogP) is 0.101. The third-order valence-corrected chi connectivity index (χ3v) is 4.87. The number of hydrazine groups is 1. The van der Waals surface area contributed by atoms with Gasteiger partial charge in [0, 0.05) is 52.4 Å². The Labute approximate surface area is 147 Å². The van der Waals surface area contributed by atoms with E-state index in [-0.39, 0.29) is 16.4 Å². The van der Waals surface area contributed by atoms with Gasteiger partial charge in [0.2, 0.25) is 11.6 Å². The van der Waals surface area contributed by atoms with Crippen LogP contribution in [-0.4, -0.2) is 95.7 Å². The second kappa shape index (κ2) is 7.89. The van der Waals surface area contributed by atoms with Gasteiger partial charge in [-0.05, 0) is 13.6 Å². The quantitative estimate of drug-likeness (QED) is 0.586. The van der Waals surface area contributed by atoms with E-state index in [1.165, 1.54) is 6.33 Å². The maximum Gasteiger partial charge on any atom is 0.354 e. The minimum absolute atomic E-state index is 0.0358. The number of hydrogen-bond acceptors (Lipinski definition) is 9. The van der Waals surface area contributed by atoms with Gasteiger partial charge in [0.15, 0.2) is 0 Å². The maximum atomic E-state index is 11.7. The minimum Gasteiger partial charge on any atom is -0.348 e. The number of aromatic nitrogens is 2. The number of nitro groups is 1. The smallest absolute Gasteiger partial charge is 0.348 e. The van der Waals surface area contributed by atoms with E-state index in [2.05, 4.69) is 39.2 Å². The number of likely N-dealkylation sites (N-methyl/N-ethyl adjacent to an activating group) is 2. The van der Waals surface area contributed by atoms with Crippen molar-refractivity contribution in [1.82, 2.24) is 24.8 Å².